The van der Waals surface area contributed by atoms with Gasteiger partial charge in [0, 0.05) is 4.88 Å². The summed E-state index contributed by atoms with van der Waals surface area (Å²) in [5.41, 5.74) is 5.04. The van der Waals surface area contributed by atoms with E-state index in [0.29, 0.717) is 11.6 Å². The van der Waals surface area contributed by atoms with Crippen LogP contribution in [0.1, 0.15) is 53.3 Å². The van der Waals surface area contributed by atoms with Gasteiger partial charge in [0.25, 0.3) is 0 Å². The average Bonchev–Trinajstić information content (AvgIpc) is 3.00. The Labute approximate surface area is 134 Å². The molecule has 22 heavy (non-hydrogen) atoms. The minimum absolute atomic E-state index is 0.517. The van der Waals surface area contributed by atoms with Crippen LogP contribution in [0.25, 0.3) is 16.2 Å². The fraction of sp³-hybridized carbons (Fsp3) is 0.333. The van der Waals surface area contributed by atoms with Crippen molar-refractivity contribution in [3.05, 3.63) is 46.1 Å². The first-order chi connectivity index (χ1) is 10.6. The van der Waals surface area contributed by atoms with E-state index in [1.807, 2.05) is 11.3 Å². The maximum atomic E-state index is 11.5. The molecule has 0 amide bonds. The Bertz CT molecular complexity index is 825. The first kappa shape index (κ1) is 15.0. The van der Waals surface area contributed by atoms with Gasteiger partial charge in [0.2, 0.25) is 0 Å². The summed E-state index contributed by atoms with van der Waals surface area (Å²) in [4.78, 5) is 18.2. The number of aryl methyl sites for hydroxylation is 2. The second-order valence-corrected chi connectivity index (χ2v) is 6.88. The van der Waals surface area contributed by atoms with Gasteiger partial charge in [-0.15, -0.1) is 11.3 Å². The maximum Gasteiger partial charge on any atom is 0.195 e. The lowest BCUT2D eigenvalue weighted by Crippen LogP contribution is -1.96. The second-order valence-electron chi connectivity index (χ2n) is 5.82. The molecule has 0 spiro atoms. The summed E-state index contributed by atoms with van der Waals surface area (Å²) < 4.78 is 2.01. The zero-order valence-corrected chi connectivity index (χ0v) is 14.2. The second kappa shape index (κ2) is 5.69. The van der Waals surface area contributed by atoms with Crippen LogP contribution >= 0.6 is 11.3 Å². The number of thiazole rings is 1. The summed E-state index contributed by atoms with van der Waals surface area (Å²) >= 11 is 1.67. The molecular formula is C18H20N2OS. The predicted molar refractivity (Wildman–Crippen MR) is 92.1 cm³/mol. The van der Waals surface area contributed by atoms with E-state index in [0.717, 1.165) is 34.6 Å². The van der Waals surface area contributed by atoms with Crippen LogP contribution in [0.3, 0.4) is 0 Å². The number of nitrogens with zero attached hydrogens (tertiary/aromatic N) is 2. The van der Waals surface area contributed by atoms with Crippen LogP contribution in [0.2, 0.25) is 0 Å². The standard InChI is InChI=1S/C18H20N2OS/c1-5-16-17(14-8-6-13(7-9-14)11(2)3)20-15(10-21)12(4)19-18(20)22-16/h6-11H,5H2,1-4H3. The first-order valence-electron chi connectivity index (χ1n) is 7.63. The smallest absolute Gasteiger partial charge is 0.195 e. The van der Waals surface area contributed by atoms with Gasteiger partial charge in [-0.1, -0.05) is 45.0 Å². The molecule has 3 nitrogen and oxygen atoms in total. The minimum atomic E-state index is 0.517. The zero-order chi connectivity index (χ0) is 15.9. The van der Waals surface area contributed by atoms with Gasteiger partial charge in [-0.3, -0.25) is 9.20 Å². The molecule has 4 heteroatoms. The molecule has 0 aliphatic rings. The van der Waals surface area contributed by atoms with Gasteiger partial charge in [-0.2, -0.15) is 0 Å². The van der Waals surface area contributed by atoms with E-state index in [2.05, 4.69) is 50.0 Å². The zero-order valence-electron chi connectivity index (χ0n) is 13.4. The van der Waals surface area contributed by atoms with E-state index in [4.69, 9.17) is 0 Å². The van der Waals surface area contributed by atoms with Crippen molar-refractivity contribution < 1.29 is 4.79 Å². The molecule has 0 saturated heterocycles. The largest absolute Gasteiger partial charge is 0.296 e. The molecule has 0 N–H and O–H groups in total. The van der Waals surface area contributed by atoms with Crippen molar-refractivity contribution in [2.24, 2.45) is 0 Å². The Morgan fingerprint density at radius 1 is 1.27 bits per heavy atom. The Morgan fingerprint density at radius 2 is 1.95 bits per heavy atom. The highest BCUT2D eigenvalue weighted by atomic mass is 32.1. The third-order valence-electron chi connectivity index (χ3n) is 4.05. The molecule has 2 aromatic heterocycles. The number of hydrogen-bond donors (Lipinski definition) is 0. The first-order valence-corrected chi connectivity index (χ1v) is 8.44. The molecule has 0 saturated carbocycles. The molecule has 3 rings (SSSR count). The molecular weight excluding hydrogens is 292 g/mol. The summed E-state index contributed by atoms with van der Waals surface area (Å²) in [6, 6.07) is 8.65. The van der Waals surface area contributed by atoms with Gasteiger partial charge >= 0.3 is 0 Å². The van der Waals surface area contributed by atoms with E-state index >= 15 is 0 Å². The maximum absolute atomic E-state index is 11.5. The van der Waals surface area contributed by atoms with Crippen molar-refractivity contribution in [3.63, 3.8) is 0 Å². The van der Waals surface area contributed by atoms with Crippen LogP contribution in [0.4, 0.5) is 0 Å². The number of carbonyl (C=O) groups is 1. The minimum Gasteiger partial charge on any atom is -0.296 e. The molecule has 3 aromatic rings. The van der Waals surface area contributed by atoms with E-state index in [1.54, 1.807) is 11.3 Å². The van der Waals surface area contributed by atoms with Gasteiger partial charge in [-0.05, 0) is 30.4 Å². The van der Waals surface area contributed by atoms with Crippen LogP contribution < -0.4 is 0 Å². The highest BCUT2D eigenvalue weighted by Crippen LogP contribution is 2.34. The molecule has 0 unspecified atom stereocenters. The van der Waals surface area contributed by atoms with Crippen LogP contribution in [-0.2, 0) is 6.42 Å². The van der Waals surface area contributed by atoms with E-state index in [1.165, 1.54) is 10.4 Å². The van der Waals surface area contributed by atoms with Gasteiger partial charge in [0.05, 0.1) is 11.4 Å². The predicted octanol–water partition coefficient (Wildman–Crippen LogP) is 4.87. The number of fused-ring (bicyclic) bond motifs is 1. The third kappa shape index (κ3) is 2.28. The number of aromatic nitrogens is 2. The molecule has 0 aliphatic heterocycles. The van der Waals surface area contributed by atoms with Gasteiger partial charge < -0.3 is 0 Å². The van der Waals surface area contributed by atoms with Crippen LogP contribution in [0.5, 0.6) is 0 Å². The Balaban J connectivity index is 2.25. The van der Waals surface area contributed by atoms with Crippen LogP contribution in [0.15, 0.2) is 24.3 Å². The molecule has 0 bridgehead atoms. The highest BCUT2D eigenvalue weighted by Gasteiger charge is 2.19. The molecule has 0 atom stereocenters. The lowest BCUT2D eigenvalue weighted by atomic mass is 10.0. The van der Waals surface area contributed by atoms with Gasteiger partial charge in [-0.25, -0.2) is 4.98 Å². The van der Waals surface area contributed by atoms with Crippen molar-refractivity contribution in [2.45, 2.75) is 40.0 Å². The van der Waals surface area contributed by atoms with Gasteiger partial charge in [0.1, 0.15) is 5.69 Å². The number of imidazole rings is 1. The van der Waals surface area contributed by atoms with E-state index < -0.39 is 0 Å². The van der Waals surface area contributed by atoms with Crippen LogP contribution in [0, 0.1) is 6.92 Å². The molecule has 0 radical (unpaired) electrons. The monoisotopic (exact) mass is 312 g/mol. The van der Waals surface area contributed by atoms with Crippen molar-refractivity contribution in [3.8, 4) is 11.3 Å². The SMILES string of the molecule is CCc1sc2nc(C)c(C=O)n2c1-c1ccc(C(C)C)cc1. The molecule has 0 fully saturated rings. The molecule has 0 aliphatic carbocycles. The van der Waals surface area contributed by atoms with Crippen LogP contribution in [-0.4, -0.2) is 15.7 Å². The summed E-state index contributed by atoms with van der Waals surface area (Å²) in [5, 5.41) is 0. The number of aldehydes is 1. The topological polar surface area (TPSA) is 34.4 Å². The lowest BCUT2D eigenvalue weighted by Gasteiger charge is -2.08. The van der Waals surface area contributed by atoms with Crippen molar-refractivity contribution in [2.75, 3.05) is 0 Å². The fourth-order valence-electron chi connectivity index (χ4n) is 2.78. The molecule has 1 aromatic carbocycles. The van der Waals surface area contributed by atoms with Crippen molar-refractivity contribution >= 4 is 22.6 Å². The summed E-state index contributed by atoms with van der Waals surface area (Å²) in [5.74, 6) is 0.517. The van der Waals surface area contributed by atoms with E-state index in [-0.39, 0.29) is 0 Å². The number of hydrogen-bond acceptors (Lipinski definition) is 3. The summed E-state index contributed by atoms with van der Waals surface area (Å²) in [6.45, 7) is 8.42. The highest BCUT2D eigenvalue weighted by molar-refractivity contribution is 7.17. The Hall–Kier alpha value is -1.94. The molecule has 2 heterocycles. The number of rotatable bonds is 4. The van der Waals surface area contributed by atoms with Crippen molar-refractivity contribution in [1.82, 2.24) is 9.38 Å². The quantitative estimate of drug-likeness (QED) is 0.644. The fourth-order valence-corrected chi connectivity index (χ4v) is 3.91. The van der Waals surface area contributed by atoms with Gasteiger partial charge in [0.15, 0.2) is 11.2 Å². The average molecular weight is 312 g/mol. The molecule has 114 valence electrons. The Morgan fingerprint density at radius 3 is 2.50 bits per heavy atom. The lowest BCUT2D eigenvalue weighted by molar-refractivity contribution is 0.111. The summed E-state index contributed by atoms with van der Waals surface area (Å²) in [7, 11) is 0. The normalized spacial score (nSPS) is 11.5. The van der Waals surface area contributed by atoms with E-state index in [9.17, 15) is 4.79 Å². The van der Waals surface area contributed by atoms with Crippen molar-refractivity contribution in [1.29, 1.82) is 0 Å². The third-order valence-corrected chi connectivity index (χ3v) is 5.24. The summed E-state index contributed by atoms with van der Waals surface area (Å²) in [6.07, 6.45) is 1.85. The Kier molecular flexibility index (Phi) is 3.87. The number of carbonyl (C=O) groups excluding carboxylic acids is 1. The number of benzene rings is 1.